The van der Waals surface area contributed by atoms with Crippen LogP contribution in [-0.2, 0) is 13.6 Å². The number of H-pyrrole nitrogens is 2. The molecule has 1 aromatic carbocycles. The highest BCUT2D eigenvalue weighted by molar-refractivity contribution is 5.97. The van der Waals surface area contributed by atoms with Crippen molar-refractivity contribution in [3.05, 3.63) is 52.2 Å². The second kappa shape index (κ2) is 6.35. The van der Waals surface area contributed by atoms with E-state index in [1.54, 1.807) is 29.1 Å². The van der Waals surface area contributed by atoms with Crippen LogP contribution in [0.5, 0.6) is 0 Å². The summed E-state index contributed by atoms with van der Waals surface area (Å²) in [5.41, 5.74) is 2.60. The number of aromatic amines is 2. The van der Waals surface area contributed by atoms with Gasteiger partial charge in [-0.25, -0.2) is 4.79 Å². The van der Waals surface area contributed by atoms with Gasteiger partial charge in [0.2, 0.25) is 0 Å². The number of imidazole rings is 1. The Kier molecular flexibility index (Phi) is 4.24. The first-order chi connectivity index (χ1) is 11.4. The number of benzene rings is 1. The van der Waals surface area contributed by atoms with Gasteiger partial charge < -0.3 is 14.9 Å². The summed E-state index contributed by atoms with van der Waals surface area (Å²) in [7, 11) is 1.86. The predicted molar refractivity (Wildman–Crippen MR) is 91.7 cm³/mol. The highest BCUT2D eigenvalue weighted by Crippen LogP contribution is 2.15. The van der Waals surface area contributed by atoms with Crippen molar-refractivity contribution in [2.75, 3.05) is 6.54 Å². The molecule has 2 aromatic heterocycles. The molecule has 0 aliphatic rings. The normalized spacial score (nSPS) is 11.3. The van der Waals surface area contributed by atoms with E-state index < -0.39 is 0 Å². The van der Waals surface area contributed by atoms with Crippen LogP contribution in [0.15, 0.2) is 35.4 Å². The van der Waals surface area contributed by atoms with Gasteiger partial charge in [0.05, 0.1) is 17.2 Å². The smallest absolute Gasteiger partial charge is 0.323 e. The lowest BCUT2D eigenvalue weighted by molar-refractivity contribution is 0.0723. The first kappa shape index (κ1) is 16.0. The Bertz CT molecular complexity index is 918. The number of rotatable bonds is 5. The molecule has 1 amide bonds. The van der Waals surface area contributed by atoms with Gasteiger partial charge in [-0.05, 0) is 24.1 Å². The van der Waals surface area contributed by atoms with E-state index in [0.29, 0.717) is 35.6 Å². The second-order valence-electron chi connectivity index (χ2n) is 6.44. The van der Waals surface area contributed by atoms with Crippen LogP contribution in [0.3, 0.4) is 0 Å². The molecule has 0 aliphatic carbocycles. The van der Waals surface area contributed by atoms with Crippen LogP contribution in [0.1, 0.15) is 29.8 Å². The van der Waals surface area contributed by atoms with Crippen molar-refractivity contribution in [2.45, 2.75) is 20.4 Å². The Balaban J connectivity index is 1.89. The van der Waals surface area contributed by atoms with Gasteiger partial charge in [-0.3, -0.25) is 9.48 Å². The Morgan fingerprint density at radius 3 is 2.71 bits per heavy atom. The first-order valence-corrected chi connectivity index (χ1v) is 7.91. The number of hydrogen-bond acceptors (Lipinski definition) is 3. The number of aromatic nitrogens is 4. The Morgan fingerprint density at radius 2 is 2.04 bits per heavy atom. The van der Waals surface area contributed by atoms with Crippen molar-refractivity contribution >= 4 is 16.9 Å². The van der Waals surface area contributed by atoms with Crippen LogP contribution in [0, 0.1) is 5.92 Å². The van der Waals surface area contributed by atoms with Gasteiger partial charge >= 0.3 is 5.69 Å². The molecule has 3 aromatic rings. The molecule has 2 heterocycles. The largest absolute Gasteiger partial charge is 0.334 e. The van der Waals surface area contributed by atoms with E-state index in [2.05, 4.69) is 28.9 Å². The maximum Gasteiger partial charge on any atom is 0.323 e. The summed E-state index contributed by atoms with van der Waals surface area (Å²) in [6.07, 6.45) is 3.68. The number of hydrogen-bond donors (Lipinski definition) is 2. The molecule has 0 bridgehead atoms. The molecule has 126 valence electrons. The number of carbonyl (C=O) groups excluding carboxylic acids is 1. The number of fused-ring (bicyclic) bond motifs is 1. The molecule has 0 spiro atoms. The number of amides is 1. The van der Waals surface area contributed by atoms with Gasteiger partial charge in [0.15, 0.2) is 0 Å². The van der Waals surface area contributed by atoms with Crippen LogP contribution in [0.4, 0.5) is 0 Å². The molecule has 7 nitrogen and oxygen atoms in total. The molecule has 0 atom stereocenters. The number of aryl methyl sites for hydroxylation is 1. The zero-order chi connectivity index (χ0) is 17.3. The topological polar surface area (TPSA) is 86.8 Å². The monoisotopic (exact) mass is 327 g/mol. The van der Waals surface area contributed by atoms with Crippen LogP contribution in [-0.4, -0.2) is 37.1 Å². The molecular formula is C17H21N5O2. The quantitative estimate of drug-likeness (QED) is 0.750. The first-order valence-electron chi connectivity index (χ1n) is 7.91. The van der Waals surface area contributed by atoms with E-state index in [1.165, 1.54) is 0 Å². The van der Waals surface area contributed by atoms with Gasteiger partial charge in [-0.1, -0.05) is 13.8 Å². The molecule has 0 saturated heterocycles. The van der Waals surface area contributed by atoms with Crippen LogP contribution in [0.2, 0.25) is 0 Å². The average Bonchev–Trinajstić information content (AvgIpc) is 3.09. The maximum absolute atomic E-state index is 12.9. The summed E-state index contributed by atoms with van der Waals surface area (Å²) in [6, 6.07) is 5.20. The molecule has 0 radical (unpaired) electrons. The third kappa shape index (κ3) is 3.40. The fourth-order valence-corrected chi connectivity index (χ4v) is 2.78. The molecular weight excluding hydrogens is 306 g/mol. The summed E-state index contributed by atoms with van der Waals surface area (Å²) in [4.78, 5) is 31.5. The minimum absolute atomic E-state index is 0.0588. The van der Waals surface area contributed by atoms with Crippen LogP contribution < -0.4 is 5.69 Å². The highest BCUT2D eigenvalue weighted by atomic mass is 16.2. The zero-order valence-electron chi connectivity index (χ0n) is 14.0. The van der Waals surface area contributed by atoms with Crippen molar-refractivity contribution in [1.82, 2.24) is 24.6 Å². The SMILES string of the molecule is CC(C)CN(Cc1cnn(C)c1)C(=O)c1ccc2[nH]c(=O)[nH]c2c1. The lowest BCUT2D eigenvalue weighted by Crippen LogP contribution is -2.33. The average molecular weight is 327 g/mol. The molecule has 0 fully saturated rings. The van der Waals surface area contributed by atoms with E-state index in [1.807, 2.05) is 18.1 Å². The minimum atomic E-state index is -0.274. The fraction of sp³-hybridized carbons (Fsp3) is 0.353. The molecule has 3 rings (SSSR count). The van der Waals surface area contributed by atoms with Gasteiger partial charge in [0.1, 0.15) is 0 Å². The summed E-state index contributed by atoms with van der Waals surface area (Å²) in [6.45, 7) is 5.31. The van der Waals surface area contributed by atoms with E-state index >= 15 is 0 Å². The second-order valence-corrected chi connectivity index (χ2v) is 6.44. The summed E-state index contributed by atoms with van der Waals surface area (Å²) in [5, 5.41) is 4.16. The van der Waals surface area contributed by atoms with Gasteiger partial charge in [-0.2, -0.15) is 5.10 Å². The van der Waals surface area contributed by atoms with Gasteiger partial charge in [0.25, 0.3) is 5.91 Å². The summed E-state index contributed by atoms with van der Waals surface area (Å²) >= 11 is 0. The Hall–Kier alpha value is -2.83. The molecule has 24 heavy (non-hydrogen) atoms. The number of carbonyl (C=O) groups is 1. The lowest BCUT2D eigenvalue weighted by atomic mass is 10.1. The number of nitrogens with zero attached hydrogens (tertiary/aromatic N) is 3. The van der Waals surface area contributed by atoms with E-state index in [-0.39, 0.29) is 11.6 Å². The zero-order valence-corrected chi connectivity index (χ0v) is 14.0. The third-order valence-corrected chi connectivity index (χ3v) is 3.77. The number of nitrogens with one attached hydrogen (secondary N) is 2. The van der Waals surface area contributed by atoms with E-state index in [0.717, 1.165) is 5.56 Å². The Labute approximate surface area is 139 Å². The van der Waals surface area contributed by atoms with Gasteiger partial charge in [-0.15, -0.1) is 0 Å². The molecule has 0 aliphatic heterocycles. The highest BCUT2D eigenvalue weighted by Gasteiger charge is 2.18. The van der Waals surface area contributed by atoms with Crippen molar-refractivity contribution in [3.63, 3.8) is 0 Å². The van der Waals surface area contributed by atoms with Crippen LogP contribution >= 0.6 is 0 Å². The standard InChI is InChI=1S/C17H21N5O2/c1-11(2)8-22(10-12-7-18-21(3)9-12)16(23)13-4-5-14-15(6-13)20-17(24)19-14/h4-7,9,11H,8,10H2,1-3H3,(H2,19,20,24). The minimum Gasteiger partial charge on any atom is -0.334 e. The van der Waals surface area contributed by atoms with E-state index in [9.17, 15) is 9.59 Å². The molecule has 0 saturated carbocycles. The molecule has 2 N–H and O–H groups in total. The lowest BCUT2D eigenvalue weighted by Gasteiger charge is -2.24. The molecule has 7 heteroatoms. The molecule has 0 unspecified atom stereocenters. The summed E-state index contributed by atoms with van der Waals surface area (Å²) in [5.74, 6) is 0.290. The predicted octanol–water partition coefficient (Wildman–Crippen LogP) is 1.89. The van der Waals surface area contributed by atoms with Crippen LogP contribution in [0.25, 0.3) is 11.0 Å². The Morgan fingerprint density at radius 1 is 1.29 bits per heavy atom. The maximum atomic E-state index is 12.9. The van der Waals surface area contributed by atoms with Gasteiger partial charge in [0, 0.05) is 37.5 Å². The van der Waals surface area contributed by atoms with Crippen molar-refractivity contribution in [2.24, 2.45) is 13.0 Å². The third-order valence-electron chi connectivity index (χ3n) is 3.77. The van der Waals surface area contributed by atoms with Crippen molar-refractivity contribution in [1.29, 1.82) is 0 Å². The van der Waals surface area contributed by atoms with Crippen molar-refractivity contribution in [3.8, 4) is 0 Å². The van der Waals surface area contributed by atoms with Crippen molar-refractivity contribution < 1.29 is 4.79 Å². The fourth-order valence-electron chi connectivity index (χ4n) is 2.78. The van der Waals surface area contributed by atoms with E-state index in [4.69, 9.17) is 0 Å². The summed E-state index contributed by atoms with van der Waals surface area (Å²) < 4.78 is 1.73.